The molecule has 0 aliphatic carbocycles. The number of hydrogen-bond acceptors (Lipinski definition) is 5. The van der Waals surface area contributed by atoms with Gasteiger partial charge >= 0.3 is 0 Å². The summed E-state index contributed by atoms with van der Waals surface area (Å²) < 4.78 is 2.41. The van der Waals surface area contributed by atoms with Crippen LogP contribution in [0.25, 0.3) is 27.5 Å². The van der Waals surface area contributed by atoms with Gasteiger partial charge in [0.1, 0.15) is 0 Å². The first kappa shape index (κ1) is 23.4. The molecule has 1 atom stereocenters. The van der Waals surface area contributed by atoms with Crippen LogP contribution >= 0.6 is 11.8 Å². The summed E-state index contributed by atoms with van der Waals surface area (Å²) in [6.45, 7) is 5.23. The second-order valence-electron chi connectivity index (χ2n) is 9.52. The van der Waals surface area contributed by atoms with E-state index in [4.69, 9.17) is 4.98 Å². The molecule has 0 saturated carbocycles. The largest absolute Gasteiger partial charge is 0.355 e. The van der Waals surface area contributed by atoms with Gasteiger partial charge in [0.15, 0.2) is 5.50 Å². The van der Waals surface area contributed by atoms with Crippen LogP contribution < -0.4 is 10.7 Å². The monoisotopic (exact) mass is 503 g/mol. The number of benzene rings is 3. The summed E-state index contributed by atoms with van der Waals surface area (Å²) in [5.41, 5.74) is 11.1. The van der Waals surface area contributed by atoms with E-state index >= 15 is 0 Å². The zero-order chi connectivity index (χ0) is 25.2. The van der Waals surface area contributed by atoms with Gasteiger partial charge in [-0.05, 0) is 34.6 Å². The van der Waals surface area contributed by atoms with Gasteiger partial charge in [0.05, 0.1) is 28.8 Å². The lowest BCUT2D eigenvalue weighted by Crippen LogP contribution is -2.31. The van der Waals surface area contributed by atoms with Gasteiger partial charge in [0.2, 0.25) is 0 Å². The molecule has 1 aliphatic heterocycles. The molecule has 6 rings (SSSR count). The van der Waals surface area contributed by atoms with Gasteiger partial charge in [0.25, 0.3) is 0 Å². The van der Waals surface area contributed by atoms with Gasteiger partial charge in [-0.1, -0.05) is 104 Å². The summed E-state index contributed by atoms with van der Waals surface area (Å²) in [4.78, 5) is 5.07. The second kappa shape index (κ2) is 10.1. The van der Waals surface area contributed by atoms with E-state index in [-0.39, 0.29) is 11.4 Å². The first-order valence-electron chi connectivity index (χ1n) is 12.6. The highest BCUT2D eigenvalue weighted by Crippen LogP contribution is 2.34. The van der Waals surface area contributed by atoms with Crippen molar-refractivity contribution in [2.24, 2.45) is 5.10 Å². The van der Waals surface area contributed by atoms with Crippen LogP contribution in [-0.2, 0) is 6.54 Å². The topological polar surface area (TPSA) is 54.2 Å². The van der Waals surface area contributed by atoms with E-state index < -0.39 is 0 Å². The minimum atomic E-state index is -0.0208. The summed E-state index contributed by atoms with van der Waals surface area (Å²) in [5, 5.41) is 12.6. The van der Waals surface area contributed by atoms with Crippen LogP contribution in [0.5, 0.6) is 0 Å². The van der Waals surface area contributed by atoms with Crippen molar-refractivity contribution in [2.75, 3.05) is 0 Å². The fourth-order valence-corrected chi connectivity index (χ4v) is 5.66. The van der Waals surface area contributed by atoms with Gasteiger partial charge in [-0.2, -0.15) is 5.10 Å². The number of hydrazone groups is 1. The van der Waals surface area contributed by atoms with Crippen LogP contribution in [0.3, 0.4) is 0 Å². The number of hydrogen-bond donors (Lipinski definition) is 2. The van der Waals surface area contributed by atoms with E-state index in [9.17, 15) is 0 Å². The highest BCUT2D eigenvalue weighted by atomic mass is 32.2. The Balaban J connectivity index is 1.31. The van der Waals surface area contributed by atoms with Crippen molar-refractivity contribution >= 4 is 45.5 Å². The molecule has 5 nitrogen and oxygen atoms in total. The standard InChI is InChI=1S/C31H29N5S/c1-21(2)29-30-26(25-15-9-10-16-28(25)36(30)19-22-11-5-3-6-12-22)17-24(33-29)18-32-35-31-34-27(20-37-31)23-13-7-4-8-14-23/h3-18,20-21,31,34-35H,19H2,1-2H3/b32-18+. The average Bonchev–Trinajstić information content (AvgIpc) is 3.53. The van der Waals surface area contributed by atoms with Gasteiger partial charge in [-0.25, -0.2) is 4.98 Å². The number of aromatic nitrogens is 2. The van der Waals surface area contributed by atoms with E-state index in [1.165, 1.54) is 32.9 Å². The molecule has 1 aliphatic rings. The molecule has 0 fully saturated rings. The lowest BCUT2D eigenvalue weighted by atomic mass is 10.0. The molecule has 0 radical (unpaired) electrons. The van der Waals surface area contributed by atoms with E-state index in [1.807, 2.05) is 24.4 Å². The number of nitrogens with one attached hydrogen (secondary N) is 2. The molecular weight excluding hydrogens is 474 g/mol. The highest BCUT2D eigenvalue weighted by Gasteiger charge is 2.19. The molecule has 0 spiro atoms. The van der Waals surface area contributed by atoms with E-state index in [0.717, 1.165) is 23.6 Å². The van der Waals surface area contributed by atoms with E-state index in [1.54, 1.807) is 11.8 Å². The molecule has 2 aromatic heterocycles. The molecule has 1 unspecified atom stereocenters. The third-order valence-corrected chi connectivity index (χ3v) is 7.47. The summed E-state index contributed by atoms with van der Waals surface area (Å²) >= 11 is 1.68. The molecule has 2 N–H and O–H groups in total. The highest BCUT2D eigenvalue weighted by molar-refractivity contribution is 8.03. The van der Waals surface area contributed by atoms with Crippen LogP contribution in [0.15, 0.2) is 102 Å². The first-order valence-corrected chi connectivity index (χ1v) is 13.5. The third-order valence-electron chi connectivity index (χ3n) is 6.61. The van der Waals surface area contributed by atoms with Crippen molar-refractivity contribution in [1.29, 1.82) is 0 Å². The molecule has 37 heavy (non-hydrogen) atoms. The smallest absolute Gasteiger partial charge is 0.165 e. The zero-order valence-corrected chi connectivity index (χ0v) is 21.7. The van der Waals surface area contributed by atoms with E-state index in [2.05, 4.69) is 112 Å². The maximum absolute atomic E-state index is 5.07. The lowest BCUT2D eigenvalue weighted by molar-refractivity contribution is 0.657. The van der Waals surface area contributed by atoms with Crippen LogP contribution in [0, 0.1) is 0 Å². The van der Waals surface area contributed by atoms with E-state index in [0.29, 0.717) is 0 Å². The average molecular weight is 504 g/mol. The fourth-order valence-electron chi connectivity index (χ4n) is 4.87. The molecule has 3 heterocycles. The van der Waals surface area contributed by atoms with Crippen molar-refractivity contribution in [3.05, 3.63) is 119 Å². The number of nitrogens with zero attached hydrogens (tertiary/aromatic N) is 3. The van der Waals surface area contributed by atoms with Crippen LogP contribution in [-0.4, -0.2) is 21.3 Å². The lowest BCUT2D eigenvalue weighted by Gasteiger charge is -2.14. The molecule has 5 aromatic rings. The molecule has 0 amide bonds. The summed E-state index contributed by atoms with van der Waals surface area (Å²) in [7, 11) is 0. The molecule has 184 valence electrons. The Morgan fingerprint density at radius 3 is 2.49 bits per heavy atom. The molecule has 6 heteroatoms. The molecule has 0 saturated heterocycles. The predicted molar refractivity (Wildman–Crippen MR) is 157 cm³/mol. The Morgan fingerprint density at radius 1 is 0.973 bits per heavy atom. The first-order chi connectivity index (χ1) is 18.2. The SMILES string of the molecule is CC(C)c1nc(/C=N/NC2NC(c3ccccc3)=CS2)cc2c3ccccc3n(Cc3ccccc3)c12. The van der Waals surface area contributed by atoms with Crippen molar-refractivity contribution in [3.8, 4) is 0 Å². The number of fused-ring (bicyclic) bond motifs is 3. The van der Waals surface area contributed by atoms with Crippen molar-refractivity contribution in [2.45, 2.75) is 31.8 Å². The van der Waals surface area contributed by atoms with Crippen molar-refractivity contribution in [1.82, 2.24) is 20.3 Å². The maximum Gasteiger partial charge on any atom is 0.165 e. The molecule has 3 aromatic carbocycles. The summed E-state index contributed by atoms with van der Waals surface area (Å²) in [6.07, 6.45) is 1.83. The second-order valence-corrected chi connectivity index (χ2v) is 10.5. The number of rotatable bonds is 7. The van der Waals surface area contributed by atoms with Gasteiger partial charge in [0, 0.05) is 22.8 Å². The quantitative estimate of drug-likeness (QED) is 0.187. The predicted octanol–water partition coefficient (Wildman–Crippen LogP) is 6.90. The van der Waals surface area contributed by atoms with Gasteiger partial charge < -0.3 is 9.88 Å². The number of para-hydroxylation sites is 1. The normalized spacial score (nSPS) is 15.5. The Kier molecular flexibility index (Phi) is 6.41. The fraction of sp³-hybridized carbons (Fsp3) is 0.161. The van der Waals surface area contributed by atoms with Crippen LogP contribution in [0.2, 0.25) is 0 Å². The van der Waals surface area contributed by atoms with Crippen molar-refractivity contribution in [3.63, 3.8) is 0 Å². The minimum Gasteiger partial charge on any atom is -0.355 e. The van der Waals surface area contributed by atoms with Gasteiger partial charge in [-0.3, -0.25) is 5.43 Å². The Bertz CT molecular complexity index is 1600. The Labute approximate surface area is 221 Å². The van der Waals surface area contributed by atoms with Crippen molar-refractivity contribution < 1.29 is 0 Å². The number of pyridine rings is 1. The minimum absolute atomic E-state index is 0.0208. The maximum atomic E-state index is 5.07. The number of thioether (sulfide) groups is 1. The molecular formula is C31H29N5S. The third kappa shape index (κ3) is 4.72. The zero-order valence-electron chi connectivity index (χ0n) is 20.9. The Hall–Kier alpha value is -4.03. The Morgan fingerprint density at radius 2 is 1.70 bits per heavy atom. The molecule has 0 bridgehead atoms. The van der Waals surface area contributed by atoms with Gasteiger partial charge in [-0.15, -0.1) is 0 Å². The van der Waals surface area contributed by atoms with Crippen LogP contribution in [0.1, 0.15) is 42.3 Å². The van der Waals surface area contributed by atoms with Crippen LogP contribution in [0.4, 0.5) is 0 Å². The summed E-state index contributed by atoms with van der Waals surface area (Å²) in [5.74, 6) is 0.271. The summed E-state index contributed by atoms with van der Waals surface area (Å²) in [6, 6.07) is 31.8.